The van der Waals surface area contributed by atoms with E-state index in [0.29, 0.717) is 34.7 Å². The number of hydrogen-bond donors (Lipinski definition) is 4. The highest BCUT2D eigenvalue weighted by Crippen LogP contribution is 2.17. The molecule has 1 aromatic heterocycles. The number of anilines is 2. The summed E-state index contributed by atoms with van der Waals surface area (Å²) in [6, 6.07) is 6.76. The highest BCUT2D eigenvalue weighted by molar-refractivity contribution is 7.88. The average molecular weight is 534 g/mol. The van der Waals surface area contributed by atoms with Crippen LogP contribution in [0.2, 0.25) is 10.2 Å². The van der Waals surface area contributed by atoms with E-state index in [4.69, 9.17) is 34.7 Å². The molecule has 2 aromatic rings. The third kappa shape index (κ3) is 9.59. The van der Waals surface area contributed by atoms with Crippen LogP contribution in [0, 0.1) is 0 Å². The first-order valence-electron chi connectivity index (χ1n) is 10.8. The summed E-state index contributed by atoms with van der Waals surface area (Å²) in [6.45, 7) is 2.38. The number of halogens is 2. The van der Waals surface area contributed by atoms with Crippen LogP contribution in [0.1, 0.15) is 35.3 Å². The number of nitrogens with one attached hydrogen (secondary N) is 2. The second-order valence-electron chi connectivity index (χ2n) is 8.61. The summed E-state index contributed by atoms with van der Waals surface area (Å²) in [7, 11) is 0.744. The number of likely N-dealkylation sites (N-methyl/N-ethyl adjacent to an activating group) is 1. The van der Waals surface area contributed by atoms with Gasteiger partial charge in [-0.3, -0.25) is 4.79 Å². The third-order valence-electron chi connectivity index (χ3n) is 5.15. The van der Waals surface area contributed by atoms with E-state index in [1.807, 2.05) is 0 Å². The molecule has 0 fully saturated rings. The molecule has 1 heterocycles. The van der Waals surface area contributed by atoms with Gasteiger partial charge in [-0.15, -0.1) is 0 Å². The molecule has 188 valence electrons. The maximum absolute atomic E-state index is 12.3. The Morgan fingerprint density at radius 3 is 2.32 bits per heavy atom. The molecule has 0 aliphatic rings. The molecule has 0 saturated carbocycles. The summed E-state index contributed by atoms with van der Waals surface area (Å²) in [5.41, 5.74) is 11.9. The van der Waals surface area contributed by atoms with Gasteiger partial charge in [-0.1, -0.05) is 35.3 Å². The number of unbranched alkanes of at least 4 members (excludes halogenated alkanes) is 2. The SMILES string of the molecule is C[N+](C)(CCCCCNS(=O)(=O)Cc1ccc(Cl)cc1)CCNC(=O)c1nc(Cl)c(N)nc1N. The van der Waals surface area contributed by atoms with E-state index in [2.05, 4.69) is 34.1 Å². The van der Waals surface area contributed by atoms with Crippen molar-refractivity contribution in [2.24, 2.45) is 0 Å². The minimum absolute atomic E-state index is 0.0251. The predicted octanol–water partition coefficient (Wildman–Crippen LogP) is 2.04. The summed E-state index contributed by atoms with van der Waals surface area (Å²) >= 11 is 11.6. The lowest BCUT2D eigenvalue weighted by Gasteiger charge is -2.30. The van der Waals surface area contributed by atoms with Crippen molar-refractivity contribution in [2.45, 2.75) is 25.0 Å². The van der Waals surface area contributed by atoms with Gasteiger partial charge in [0.05, 0.1) is 39.5 Å². The molecule has 13 heteroatoms. The van der Waals surface area contributed by atoms with Crippen molar-refractivity contribution in [3.63, 3.8) is 0 Å². The van der Waals surface area contributed by atoms with Gasteiger partial charge < -0.3 is 21.3 Å². The van der Waals surface area contributed by atoms with Crippen LogP contribution in [-0.4, -0.2) is 69.1 Å². The van der Waals surface area contributed by atoms with Gasteiger partial charge in [0.2, 0.25) is 10.0 Å². The summed E-state index contributed by atoms with van der Waals surface area (Å²) in [6.07, 6.45) is 2.55. The van der Waals surface area contributed by atoms with Gasteiger partial charge in [0.25, 0.3) is 5.91 Å². The molecule has 0 unspecified atom stereocenters. The van der Waals surface area contributed by atoms with E-state index in [1.165, 1.54) is 0 Å². The number of amides is 1. The second-order valence-corrected chi connectivity index (χ2v) is 11.2. The standard InChI is InChI=1S/C21H31Cl2N7O3S/c1-30(2,13-11-26-21(31)17-19(24)29-20(25)18(23)28-17)12-5-3-4-10-27-34(32,33)14-15-6-8-16(22)9-7-15/h6-9,27H,3-5,10-14H2,1-2H3,(H4-,24,25,26,29,31)/p+1. The number of nitrogens with zero attached hydrogens (tertiary/aromatic N) is 3. The molecule has 6 N–H and O–H groups in total. The molecule has 0 radical (unpaired) electrons. The van der Waals surface area contributed by atoms with E-state index < -0.39 is 15.9 Å². The fourth-order valence-electron chi connectivity index (χ4n) is 3.20. The number of aromatic nitrogens is 2. The molecule has 0 bridgehead atoms. The first kappa shape index (κ1) is 28.1. The van der Waals surface area contributed by atoms with Gasteiger partial charge in [-0.2, -0.15) is 0 Å². The van der Waals surface area contributed by atoms with Crippen molar-refractivity contribution in [3.8, 4) is 0 Å². The fourth-order valence-corrected chi connectivity index (χ4v) is 4.64. The van der Waals surface area contributed by atoms with Crippen molar-refractivity contribution in [2.75, 3.05) is 51.7 Å². The van der Waals surface area contributed by atoms with Crippen molar-refractivity contribution >= 4 is 50.8 Å². The van der Waals surface area contributed by atoms with Gasteiger partial charge in [0, 0.05) is 11.6 Å². The zero-order valence-corrected chi connectivity index (χ0v) is 21.7. The molecule has 1 aromatic carbocycles. The van der Waals surface area contributed by atoms with Crippen LogP contribution < -0.4 is 21.5 Å². The van der Waals surface area contributed by atoms with Crippen molar-refractivity contribution in [3.05, 3.63) is 45.7 Å². The molecular weight excluding hydrogens is 501 g/mol. The zero-order valence-electron chi connectivity index (χ0n) is 19.4. The number of carbonyl (C=O) groups is 1. The topological polar surface area (TPSA) is 153 Å². The first-order chi connectivity index (χ1) is 15.9. The van der Waals surface area contributed by atoms with Gasteiger partial charge in [0.1, 0.15) is 0 Å². The molecule has 0 atom stereocenters. The number of quaternary nitrogens is 1. The summed E-state index contributed by atoms with van der Waals surface area (Å²) in [5.74, 6) is -0.628. The van der Waals surface area contributed by atoms with E-state index >= 15 is 0 Å². The molecule has 34 heavy (non-hydrogen) atoms. The van der Waals surface area contributed by atoms with Crippen LogP contribution in [-0.2, 0) is 15.8 Å². The van der Waals surface area contributed by atoms with Gasteiger partial charge >= 0.3 is 0 Å². The lowest BCUT2D eigenvalue weighted by atomic mass is 10.2. The third-order valence-corrected chi connectivity index (χ3v) is 7.04. The van der Waals surface area contributed by atoms with Crippen molar-refractivity contribution in [1.29, 1.82) is 0 Å². The Labute approximate surface area is 210 Å². The highest BCUT2D eigenvalue weighted by Gasteiger charge is 2.19. The maximum Gasteiger partial charge on any atom is 0.273 e. The predicted molar refractivity (Wildman–Crippen MR) is 136 cm³/mol. The smallest absolute Gasteiger partial charge is 0.273 e. The number of benzene rings is 1. The minimum atomic E-state index is -3.39. The Hall–Kier alpha value is -2.18. The Kier molecular flexibility index (Phi) is 10.3. The fraction of sp³-hybridized carbons (Fsp3) is 0.476. The van der Waals surface area contributed by atoms with Crippen molar-refractivity contribution in [1.82, 2.24) is 20.0 Å². The summed E-state index contributed by atoms with van der Waals surface area (Å²) < 4.78 is 27.7. The highest BCUT2D eigenvalue weighted by atomic mass is 35.5. The molecule has 1 amide bonds. The number of nitrogen functional groups attached to an aromatic ring is 2. The Bertz CT molecular complexity index is 1080. The second kappa shape index (κ2) is 12.5. The van der Waals surface area contributed by atoms with E-state index in [-0.39, 0.29) is 28.2 Å². The summed E-state index contributed by atoms with van der Waals surface area (Å²) in [4.78, 5) is 20.0. The van der Waals surface area contributed by atoms with Crippen LogP contribution in [0.25, 0.3) is 0 Å². The number of nitrogens with two attached hydrogens (primary N) is 2. The van der Waals surface area contributed by atoms with Crippen LogP contribution in [0.5, 0.6) is 0 Å². The van der Waals surface area contributed by atoms with E-state index in [0.717, 1.165) is 25.8 Å². The molecule has 10 nitrogen and oxygen atoms in total. The Morgan fingerprint density at radius 1 is 0.971 bits per heavy atom. The monoisotopic (exact) mass is 532 g/mol. The lowest BCUT2D eigenvalue weighted by Crippen LogP contribution is -2.46. The van der Waals surface area contributed by atoms with Crippen LogP contribution >= 0.6 is 23.2 Å². The number of hydrogen-bond acceptors (Lipinski definition) is 7. The van der Waals surface area contributed by atoms with Crippen molar-refractivity contribution < 1.29 is 17.7 Å². The lowest BCUT2D eigenvalue weighted by molar-refractivity contribution is -0.889. The average Bonchev–Trinajstić information content (AvgIpc) is 2.74. The number of sulfonamides is 1. The van der Waals surface area contributed by atoms with Crippen LogP contribution in [0.3, 0.4) is 0 Å². The Morgan fingerprint density at radius 2 is 1.65 bits per heavy atom. The largest absolute Gasteiger partial charge is 0.382 e. The Balaban J connectivity index is 1.64. The van der Waals surface area contributed by atoms with Gasteiger partial charge in [-0.05, 0) is 37.0 Å². The number of rotatable bonds is 13. The first-order valence-corrected chi connectivity index (χ1v) is 13.2. The minimum Gasteiger partial charge on any atom is -0.382 e. The van der Waals surface area contributed by atoms with E-state index in [9.17, 15) is 13.2 Å². The van der Waals surface area contributed by atoms with Crippen LogP contribution in [0.4, 0.5) is 11.6 Å². The molecule has 0 aliphatic heterocycles. The zero-order chi connectivity index (χ0) is 25.4. The molecular formula is C21H32Cl2N7O3S+. The van der Waals surface area contributed by atoms with Crippen LogP contribution in [0.15, 0.2) is 24.3 Å². The van der Waals surface area contributed by atoms with E-state index in [1.54, 1.807) is 24.3 Å². The molecule has 0 aliphatic carbocycles. The quantitative estimate of drug-likeness (QED) is 0.227. The molecule has 0 spiro atoms. The molecule has 0 saturated heterocycles. The maximum atomic E-state index is 12.3. The van der Waals surface area contributed by atoms with Gasteiger partial charge in [-0.25, -0.2) is 23.1 Å². The van der Waals surface area contributed by atoms with Gasteiger partial charge in [0.15, 0.2) is 22.5 Å². The molecule has 2 rings (SSSR count). The summed E-state index contributed by atoms with van der Waals surface area (Å²) in [5, 5.41) is 3.28. The number of carbonyl (C=O) groups excluding carboxylic acids is 1. The normalized spacial score (nSPS) is 12.0.